The molecule has 1 amide bonds. The second-order valence-corrected chi connectivity index (χ2v) is 8.79. The lowest BCUT2D eigenvalue weighted by Gasteiger charge is -2.41. The molecule has 1 aliphatic heterocycles. The number of ether oxygens (including phenoxy) is 1. The van der Waals surface area contributed by atoms with Gasteiger partial charge in [-0.1, -0.05) is 0 Å². The number of aromatic nitrogens is 4. The molecule has 0 radical (unpaired) electrons. The zero-order valence-corrected chi connectivity index (χ0v) is 18.0. The van der Waals surface area contributed by atoms with Crippen molar-refractivity contribution in [3.63, 3.8) is 0 Å². The van der Waals surface area contributed by atoms with E-state index in [0.29, 0.717) is 41.8 Å². The van der Waals surface area contributed by atoms with E-state index < -0.39 is 5.82 Å². The summed E-state index contributed by atoms with van der Waals surface area (Å²) in [5, 5.41) is 14.1. The number of likely N-dealkylation sites (tertiary alicyclic amines) is 1. The van der Waals surface area contributed by atoms with Crippen LogP contribution in [0.15, 0.2) is 12.1 Å². The van der Waals surface area contributed by atoms with Crippen molar-refractivity contribution in [2.75, 3.05) is 19.4 Å². The highest BCUT2D eigenvalue weighted by Gasteiger charge is 2.40. The Morgan fingerprint density at radius 1 is 1.31 bits per heavy atom. The standard InChI is InChI=1S/C22H24FN7O2/c1-11-3-4-13(10-29(11)21(31)14-5-12(6-14)9-24)19-27-20-15-7-16(23)18(32-2)8-17(15)26-22(25)30(20)28-19/h7-8,11-14H,3-6,10H2,1-2H3,(H2,25,26)/t11-,12?,13+,14?/m1/s1. The molecule has 166 valence electrons. The van der Waals surface area contributed by atoms with Crippen LogP contribution in [0.5, 0.6) is 5.75 Å². The quantitative estimate of drug-likeness (QED) is 0.668. The molecule has 2 fully saturated rings. The summed E-state index contributed by atoms with van der Waals surface area (Å²) in [4.78, 5) is 23.9. The molecule has 0 unspecified atom stereocenters. The molecule has 2 aromatic heterocycles. The lowest BCUT2D eigenvalue weighted by molar-refractivity contribution is -0.143. The number of rotatable bonds is 3. The molecule has 1 saturated carbocycles. The Kier molecular flexibility index (Phi) is 4.84. The smallest absolute Gasteiger partial charge is 0.226 e. The number of amides is 1. The number of hydrogen-bond donors (Lipinski definition) is 1. The van der Waals surface area contributed by atoms with Gasteiger partial charge in [-0.15, -0.1) is 5.10 Å². The Labute approximate surface area is 184 Å². The Morgan fingerprint density at radius 2 is 2.09 bits per heavy atom. The fourth-order valence-electron chi connectivity index (χ4n) is 4.76. The molecule has 10 heteroatoms. The number of fused-ring (bicyclic) bond motifs is 3. The van der Waals surface area contributed by atoms with Crippen LogP contribution in [-0.2, 0) is 4.79 Å². The van der Waals surface area contributed by atoms with Crippen LogP contribution in [0.1, 0.15) is 44.3 Å². The summed E-state index contributed by atoms with van der Waals surface area (Å²) < 4.78 is 20.8. The number of hydrogen-bond acceptors (Lipinski definition) is 7. The first-order valence-electron chi connectivity index (χ1n) is 10.8. The number of anilines is 1. The zero-order chi connectivity index (χ0) is 22.6. The number of nitrogens with two attached hydrogens (primary N) is 1. The summed E-state index contributed by atoms with van der Waals surface area (Å²) in [6, 6.07) is 5.19. The van der Waals surface area contributed by atoms with Crippen molar-refractivity contribution in [1.29, 1.82) is 5.26 Å². The molecular formula is C22H24FN7O2. The molecule has 1 aromatic carbocycles. The second-order valence-electron chi connectivity index (χ2n) is 8.79. The van der Waals surface area contributed by atoms with E-state index in [0.717, 1.165) is 12.8 Å². The van der Waals surface area contributed by atoms with Gasteiger partial charge in [0.2, 0.25) is 11.9 Å². The van der Waals surface area contributed by atoms with Crippen molar-refractivity contribution < 1.29 is 13.9 Å². The molecule has 3 heterocycles. The van der Waals surface area contributed by atoms with E-state index in [-0.39, 0.29) is 41.4 Å². The summed E-state index contributed by atoms with van der Waals surface area (Å²) in [7, 11) is 1.39. The van der Waals surface area contributed by atoms with Crippen molar-refractivity contribution in [3.05, 3.63) is 23.8 Å². The van der Waals surface area contributed by atoms with Gasteiger partial charge in [0.25, 0.3) is 0 Å². The minimum absolute atomic E-state index is 0.0114. The van der Waals surface area contributed by atoms with Crippen LogP contribution >= 0.6 is 0 Å². The Hall–Kier alpha value is -3.48. The Bertz CT molecular complexity index is 1260. The van der Waals surface area contributed by atoms with E-state index in [1.165, 1.54) is 23.8 Å². The molecule has 3 aromatic rings. The monoisotopic (exact) mass is 437 g/mol. The number of nitriles is 1. The highest BCUT2D eigenvalue weighted by molar-refractivity contribution is 5.93. The average molecular weight is 437 g/mol. The van der Waals surface area contributed by atoms with Crippen LogP contribution in [-0.4, -0.2) is 50.1 Å². The lowest BCUT2D eigenvalue weighted by Crippen LogP contribution is -2.49. The first-order chi connectivity index (χ1) is 15.4. The fourth-order valence-corrected chi connectivity index (χ4v) is 4.76. The topological polar surface area (TPSA) is 122 Å². The van der Waals surface area contributed by atoms with Gasteiger partial charge in [-0.25, -0.2) is 14.4 Å². The van der Waals surface area contributed by atoms with Crippen LogP contribution < -0.4 is 10.5 Å². The highest BCUT2D eigenvalue weighted by atomic mass is 19.1. The average Bonchev–Trinajstić information content (AvgIpc) is 3.20. The number of piperidine rings is 1. The maximum Gasteiger partial charge on any atom is 0.226 e. The highest BCUT2D eigenvalue weighted by Crippen LogP contribution is 2.38. The first-order valence-corrected chi connectivity index (χ1v) is 10.8. The number of benzene rings is 1. The second kappa shape index (κ2) is 7.58. The molecule has 2 aliphatic rings. The molecule has 9 nitrogen and oxygen atoms in total. The van der Waals surface area contributed by atoms with E-state index >= 15 is 0 Å². The summed E-state index contributed by atoms with van der Waals surface area (Å²) in [6.07, 6.45) is 2.94. The van der Waals surface area contributed by atoms with Gasteiger partial charge in [0.15, 0.2) is 23.0 Å². The normalized spacial score (nSPS) is 25.5. The zero-order valence-electron chi connectivity index (χ0n) is 18.0. The van der Waals surface area contributed by atoms with Crippen molar-refractivity contribution in [3.8, 4) is 11.8 Å². The Balaban J connectivity index is 1.47. The number of carbonyl (C=O) groups is 1. The molecular weight excluding hydrogens is 413 g/mol. The Morgan fingerprint density at radius 3 is 2.81 bits per heavy atom. The molecule has 0 bridgehead atoms. The molecule has 2 N–H and O–H groups in total. The first kappa shape index (κ1) is 20.4. The number of halogens is 1. The molecule has 32 heavy (non-hydrogen) atoms. The van der Waals surface area contributed by atoms with Gasteiger partial charge in [-0.2, -0.15) is 9.78 Å². The number of carbonyl (C=O) groups excluding carboxylic acids is 1. The van der Waals surface area contributed by atoms with E-state index in [1.807, 2.05) is 4.90 Å². The van der Waals surface area contributed by atoms with E-state index in [4.69, 9.17) is 15.7 Å². The molecule has 5 rings (SSSR count). The van der Waals surface area contributed by atoms with Gasteiger partial charge < -0.3 is 15.4 Å². The largest absolute Gasteiger partial charge is 0.494 e. The number of nitrogens with zero attached hydrogens (tertiary/aromatic N) is 6. The minimum Gasteiger partial charge on any atom is -0.494 e. The van der Waals surface area contributed by atoms with Crippen LogP contribution in [0.4, 0.5) is 10.3 Å². The van der Waals surface area contributed by atoms with Crippen LogP contribution in [0, 0.1) is 29.0 Å². The predicted octanol–water partition coefficient (Wildman–Crippen LogP) is 2.65. The van der Waals surface area contributed by atoms with Gasteiger partial charge >= 0.3 is 0 Å². The SMILES string of the molecule is COc1cc2nc(N)n3nc([C@H]4CC[C@@H](C)N(C(=O)C5CC(C#N)C5)C4)nc3c2cc1F. The van der Waals surface area contributed by atoms with Crippen LogP contribution in [0.2, 0.25) is 0 Å². The van der Waals surface area contributed by atoms with Gasteiger partial charge in [0.05, 0.1) is 18.7 Å². The minimum atomic E-state index is -0.516. The number of methoxy groups -OCH3 is 1. The summed E-state index contributed by atoms with van der Waals surface area (Å²) in [5.74, 6) is 0.248. The summed E-state index contributed by atoms with van der Waals surface area (Å²) in [5.41, 5.74) is 7.01. The third-order valence-electron chi connectivity index (χ3n) is 6.79. The summed E-state index contributed by atoms with van der Waals surface area (Å²) in [6.45, 7) is 2.56. The van der Waals surface area contributed by atoms with Gasteiger partial charge in [0, 0.05) is 41.8 Å². The van der Waals surface area contributed by atoms with E-state index in [2.05, 4.69) is 28.1 Å². The van der Waals surface area contributed by atoms with Crippen molar-refractivity contribution in [2.24, 2.45) is 11.8 Å². The predicted molar refractivity (Wildman–Crippen MR) is 114 cm³/mol. The summed E-state index contributed by atoms with van der Waals surface area (Å²) >= 11 is 0. The molecule has 0 spiro atoms. The van der Waals surface area contributed by atoms with Crippen LogP contribution in [0.25, 0.3) is 16.6 Å². The molecule has 1 aliphatic carbocycles. The maximum atomic E-state index is 14.4. The van der Waals surface area contributed by atoms with E-state index in [1.54, 1.807) is 0 Å². The third kappa shape index (κ3) is 3.20. The van der Waals surface area contributed by atoms with Gasteiger partial charge in [0.1, 0.15) is 0 Å². The van der Waals surface area contributed by atoms with Gasteiger partial charge in [-0.3, -0.25) is 4.79 Å². The maximum absolute atomic E-state index is 14.4. The van der Waals surface area contributed by atoms with Gasteiger partial charge in [-0.05, 0) is 38.7 Å². The molecule has 1 saturated heterocycles. The van der Waals surface area contributed by atoms with Crippen molar-refractivity contribution in [2.45, 2.75) is 44.6 Å². The lowest BCUT2D eigenvalue weighted by atomic mass is 9.74. The molecule has 2 atom stereocenters. The van der Waals surface area contributed by atoms with Crippen molar-refractivity contribution >= 4 is 28.4 Å². The van der Waals surface area contributed by atoms with E-state index in [9.17, 15) is 9.18 Å². The fraction of sp³-hybridized carbons (Fsp3) is 0.500. The third-order valence-corrected chi connectivity index (χ3v) is 6.79. The number of nitrogen functional groups attached to an aromatic ring is 1. The van der Waals surface area contributed by atoms with Crippen molar-refractivity contribution in [1.82, 2.24) is 24.5 Å². The van der Waals surface area contributed by atoms with Crippen LogP contribution in [0.3, 0.4) is 0 Å².